The second-order valence-electron chi connectivity index (χ2n) is 6.90. The maximum absolute atomic E-state index is 12.8. The van der Waals surface area contributed by atoms with E-state index in [9.17, 15) is 4.79 Å². The number of hydrogen-bond donors (Lipinski definition) is 1. The Balaban J connectivity index is 1.43. The summed E-state index contributed by atoms with van der Waals surface area (Å²) in [4.78, 5) is 19.1. The van der Waals surface area contributed by atoms with E-state index in [0.29, 0.717) is 18.2 Å². The molecule has 4 rings (SSSR count). The van der Waals surface area contributed by atoms with Gasteiger partial charge < -0.3 is 10.2 Å². The van der Waals surface area contributed by atoms with Crippen LogP contribution < -0.4 is 5.32 Å². The molecule has 0 bridgehead atoms. The van der Waals surface area contributed by atoms with Crippen LogP contribution in [0.2, 0.25) is 0 Å². The lowest BCUT2D eigenvalue weighted by Crippen LogP contribution is -2.40. The lowest BCUT2D eigenvalue weighted by molar-refractivity contribution is 0.0672. The molecular formula is C18H23N5O. The van der Waals surface area contributed by atoms with Crippen LogP contribution in [0.4, 0.5) is 5.82 Å². The Morgan fingerprint density at radius 2 is 2.12 bits per heavy atom. The Labute approximate surface area is 141 Å². The Hall–Kier alpha value is -2.37. The summed E-state index contributed by atoms with van der Waals surface area (Å²) in [5, 5.41) is 7.75. The van der Waals surface area contributed by atoms with Crippen LogP contribution in [0.1, 0.15) is 47.6 Å². The summed E-state index contributed by atoms with van der Waals surface area (Å²) < 4.78 is 2.00. The quantitative estimate of drug-likeness (QED) is 0.938. The van der Waals surface area contributed by atoms with Crippen molar-refractivity contribution in [3.63, 3.8) is 0 Å². The van der Waals surface area contributed by atoms with Crippen LogP contribution in [-0.2, 0) is 0 Å². The van der Waals surface area contributed by atoms with Crippen molar-refractivity contribution in [1.82, 2.24) is 19.7 Å². The number of carbonyl (C=O) groups is 1. The number of carbonyl (C=O) groups excluding carboxylic acids is 1. The molecule has 1 N–H and O–H groups in total. The number of rotatable bonds is 4. The number of aryl methyl sites for hydroxylation is 1. The zero-order chi connectivity index (χ0) is 16.5. The van der Waals surface area contributed by atoms with E-state index in [2.05, 4.69) is 21.6 Å². The second kappa shape index (κ2) is 6.26. The number of pyridine rings is 1. The number of piperidine rings is 1. The smallest absolute Gasteiger partial charge is 0.255 e. The lowest BCUT2D eigenvalue weighted by Gasteiger charge is -2.33. The van der Waals surface area contributed by atoms with Gasteiger partial charge in [-0.05, 0) is 50.3 Å². The Morgan fingerprint density at radius 1 is 1.25 bits per heavy atom. The fourth-order valence-electron chi connectivity index (χ4n) is 3.21. The monoisotopic (exact) mass is 325 g/mol. The molecule has 6 heteroatoms. The minimum atomic E-state index is 0.0639. The highest BCUT2D eigenvalue weighted by molar-refractivity contribution is 5.94. The molecule has 6 nitrogen and oxygen atoms in total. The molecule has 2 aliphatic rings. The molecule has 1 saturated heterocycles. The number of likely N-dealkylation sites (tertiary alicyclic amines) is 1. The molecule has 1 saturated carbocycles. The highest BCUT2D eigenvalue weighted by atomic mass is 16.2. The minimum Gasteiger partial charge on any atom is -0.367 e. The first-order valence-corrected chi connectivity index (χ1v) is 8.71. The predicted octanol–water partition coefficient (Wildman–Crippen LogP) is 2.64. The van der Waals surface area contributed by atoms with Gasteiger partial charge in [-0.2, -0.15) is 5.10 Å². The van der Waals surface area contributed by atoms with E-state index in [4.69, 9.17) is 0 Å². The number of nitrogens with one attached hydrogen (secondary N) is 1. The summed E-state index contributed by atoms with van der Waals surface area (Å²) in [6, 6.07) is 4.62. The summed E-state index contributed by atoms with van der Waals surface area (Å²) in [7, 11) is 0. The first-order chi connectivity index (χ1) is 11.7. The number of amides is 1. The van der Waals surface area contributed by atoms with E-state index >= 15 is 0 Å². The molecule has 2 aromatic rings. The van der Waals surface area contributed by atoms with Gasteiger partial charge in [0.1, 0.15) is 5.82 Å². The summed E-state index contributed by atoms with van der Waals surface area (Å²) in [6.07, 6.45) is 10.1. The third kappa shape index (κ3) is 3.27. The third-order valence-corrected chi connectivity index (χ3v) is 4.73. The van der Waals surface area contributed by atoms with Gasteiger partial charge in [0.25, 0.3) is 5.91 Å². The van der Waals surface area contributed by atoms with Crippen LogP contribution >= 0.6 is 0 Å². The van der Waals surface area contributed by atoms with E-state index in [1.54, 1.807) is 6.20 Å². The fourth-order valence-corrected chi connectivity index (χ4v) is 3.21. The van der Waals surface area contributed by atoms with Crippen LogP contribution in [0.25, 0.3) is 0 Å². The summed E-state index contributed by atoms with van der Waals surface area (Å²) in [5.41, 5.74) is 1.81. The summed E-state index contributed by atoms with van der Waals surface area (Å²) >= 11 is 0. The number of hydrogen-bond acceptors (Lipinski definition) is 4. The van der Waals surface area contributed by atoms with Crippen molar-refractivity contribution in [2.24, 2.45) is 0 Å². The van der Waals surface area contributed by atoms with Gasteiger partial charge >= 0.3 is 0 Å². The Bertz CT molecular complexity index is 719. The molecule has 2 fully saturated rings. The highest BCUT2D eigenvalue weighted by Gasteiger charge is 2.26. The third-order valence-electron chi connectivity index (χ3n) is 4.73. The van der Waals surface area contributed by atoms with Crippen LogP contribution in [0, 0.1) is 6.92 Å². The summed E-state index contributed by atoms with van der Waals surface area (Å²) in [5.74, 6) is 0.923. The van der Waals surface area contributed by atoms with E-state index in [1.807, 2.05) is 34.8 Å². The average molecular weight is 325 g/mol. The molecular weight excluding hydrogens is 302 g/mol. The molecule has 0 spiro atoms. The SMILES string of the molecule is Cc1cnn(C2CCCN(C(=O)c3ccc(NC4CC4)nc3)C2)c1. The average Bonchev–Trinajstić information content (AvgIpc) is 3.32. The zero-order valence-electron chi connectivity index (χ0n) is 14.0. The van der Waals surface area contributed by atoms with Crippen molar-refractivity contribution in [3.05, 3.63) is 41.9 Å². The van der Waals surface area contributed by atoms with Crippen LogP contribution in [0.5, 0.6) is 0 Å². The van der Waals surface area contributed by atoms with Crippen molar-refractivity contribution in [1.29, 1.82) is 0 Å². The first kappa shape index (κ1) is 15.2. The first-order valence-electron chi connectivity index (χ1n) is 8.71. The molecule has 24 heavy (non-hydrogen) atoms. The topological polar surface area (TPSA) is 63.1 Å². The van der Waals surface area contributed by atoms with Gasteiger partial charge in [-0.25, -0.2) is 4.98 Å². The zero-order valence-corrected chi connectivity index (χ0v) is 14.0. The molecule has 1 atom stereocenters. The molecule has 2 aromatic heterocycles. The van der Waals surface area contributed by atoms with Crippen molar-refractivity contribution in [3.8, 4) is 0 Å². The van der Waals surface area contributed by atoms with Gasteiger partial charge in [0.15, 0.2) is 0 Å². The van der Waals surface area contributed by atoms with E-state index in [0.717, 1.165) is 30.8 Å². The summed E-state index contributed by atoms with van der Waals surface area (Å²) in [6.45, 7) is 3.55. The van der Waals surface area contributed by atoms with Gasteiger partial charge in [0.05, 0.1) is 17.8 Å². The molecule has 1 aliphatic carbocycles. The number of nitrogens with zero attached hydrogens (tertiary/aromatic N) is 4. The van der Waals surface area contributed by atoms with E-state index < -0.39 is 0 Å². The van der Waals surface area contributed by atoms with Gasteiger partial charge in [0.2, 0.25) is 0 Å². The minimum absolute atomic E-state index is 0.0639. The van der Waals surface area contributed by atoms with Crippen molar-refractivity contribution < 1.29 is 4.79 Å². The lowest BCUT2D eigenvalue weighted by atomic mass is 10.0. The van der Waals surface area contributed by atoms with Gasteiger partial charge in [0, 0.05) is 31.5 Å². The molecule has 126 valence electrons. The van der Waals surface area contributed by atoms with Crippen LogP contribution in [0.15, 0.2) is 30.7 Å². The molecule has 1 amide bonds. The Kier molecular flexibility index (Phi) is 3.96. The molecule has 0 radical (unpaired) electrons. The van der Waals surface area contributed by atoms with E-state index in [1.165, 1.54) is 12.8 Å². The van der Waals surface area contributed by atoms with Crippen molar-refractivity contribution in [2.45, 2.75) is 44.7 Å². The number of aromatic nitrogens is 3. The molecule has 0 aromatic carbocycles. The molecule has 1 unspecified atom stereocenters. The van der Waals surface area contributed by atoms with Gasteiger partial charge in [-0.3, -0.25) is 9.48 Å². The molecule has 3 heterocycles. The van der Waals surface area contributed by atoms with Crippen LogP contribution in [-0.4, -0.2) is 44.7 Å². The van der Waals surface area contributed by atoms with E-state index in [-0.39, 0.29) is 11.9 Å². The standard InChI is InChI=1S/C18H23N5O/c1-13-9-20-23(11-13)16-3-2-8-22(12-16)18(24)14-4-7-17(19-10-14)21-15-5-6-15/h4,7,9-11,15-16H,2-3,5-6,8,12H2,1H3,(H,19,21). The highest BCUT2D eigenvalue weighted by Crippen LogP contribution is 2.25. The Morgan fingerprint density at radius 3 is 2.79 bits per heavy atom. The normalized spacial score (nSPS) is 20.9. The fraction of sp³-hybridized carbons (Fsp3) is 0.500. The number of anilines is 1. The van der Waals surface area contributed by atoms with Gasteiger partial charge in [-0.15, -0.1) is 0 Å². The maximum Gasteiger partial charge on any atom is 0.255 e. The maximum atomic E-state index is 12.8. The predicted molar refractivity (Wildman–Crippen MR) is 92.0 cm³/mol. The van der Waals surface area contributed by atoms with Crippen molar-refractivity contribution in [2.75, 3.05) is 18.4 Å². The van der Waals surface area contributed by atoms with Crippen molar-refractivity contribution >= 4 is 11.7 Å². The van der Waals surface area contributed by atoms with Crippen LogP contribution in [0.3, 0.4) is 0 Å². The van der Waals surface area contributed by atoms with Gasteiger partial charge in [-0.1, -0.05) is 0 Å². The molecule has 1 aliphatic heterocycles. The second-order valence-corrected chi connectivity index (χ2v) is 6.90. The largest absolute Gasteiger partial charge is 0.367 e.